The molecule has 0 unspecified atom stereocenters. The predicted molar refractivity (Wildman–Crippen MR) is 95.7 cm³/mol. The van der Waals surface area contributed by atoms with Crippen molar-refractivity contribution in [3.63, 3.8) is 0 Å². The number of benzene rings is 1. The fourth-order valence-electron chi connectivity index (χ4n) is 2.61. The lowest BCUT2D eigenvalue weighted by Crippen LogP contribution is -2.31. The molecule has 0 aliphatic carbocycles. The van der Waals surface area contributed by atoms with Crippen LogP contribution in [0.2, 0.25) is 19.6 Å². The monoisotopic (exact) mass is 298 g/mol. The first-order chi connectivity index (χ1) is 9.76. The van der Waals surface area contributed by atoms with Gasteiger partial charge >= 0.3 is 0 Å². The van der Waals surface area contributed by atoms with Crippen molar-refractivity contribution in [1.82, 2.24) is 4.98 Å². The molecule has 0 atom stereocenters. The second kappa shape index (κ2) is 6.02. The van der Waals surface area contributed by atoms with E-state index in [9.17, 15) is 0 Å². The van der Waals surface area contributed by atoms with Gasteiger partial charge in [0.1, 0.15) is 5.82 Å². The lowest BCUT2D eigenvalue weighted by Gasteiger charge is -2.18. The largest absolute Gasteiger partial charge is 0.373 e. The average molecular weight is 299 g/mol. The van der Waals surface area contributed by atoms with Gasteiger partial charge in [0.2, 0.25) is 0 Å². The topological polar surface area (TPSA) is 24.9 Å². The van der Waals surface area contributed by atoms with Crippen molar-refractivity contribution in [2.75, 3.05) is 11.5 Å². The molecule has 2 nitrogen and oxygen atoms in total. The van der Waals surface area contributed by atoms with Crippen molar-refractivity contribution in [1.29, 1.82) is 0 Å². The molecule has 1 heterocycles. The second-order valence-corrected chi connectivity index (χ2v) is 12.6. The lowest BCUT2D eigenvalue weighted by molar-refractivity contribution is 1.22. The third-order valence-electron chi connectivity index (χ3n) is 3.48. The molecule has 1 aromatic heterocycles. The van der Waals surface area contributed by atoms with Crippen LogP contribution < -0.4 is 5.32 Å². The van der Waals surface area contributed by atoms with Crippen LogP contribution in [0.1, 0.15) is 16.7 Å². The zero-order valence-corrected chi connectivity index (χ0v) is 15.0. The van der Waals surface area contributed by atoms with Crippen LogP contribution in [0.5, 0.6) is 0 Å². The lowest BCUT2D eigenvalue weighted by atomic mass is 9.97. The van der Waals surface area contributed by atoms with Crippen LogP contribution in [0.4, 0.5) is 5.82 Å². The Morgan fingerprint density at radius 3 is 2.19 bits per heavy atom. The first kappa shape index (κ1) is 15.8. The number of rotatable bonds is 4. The first-order valence-corrected chi connectivity index (χ1v) is 11.3. The number of aromatic nitrogens is 1. The van der Waals surface area contributed by atoms with E-state index in [1.165, 1.54) is 22.3 Å². The molecule has 2 rings (SSSR count). The molecular weight excluding hydrogens is 272 g/mol. The quantitative estimate of drug-likeness (QED) is 0.807. The molecule has 1 aromatic carbocycles. The van der Waals surface area contributed by atoms with Crippen LogP contribution in [0.15, 0.2) is 30.3 Å². The minimum Gasteiger partial charge on any atom is -0.373 e. The third kappa shape index (κ3) is 4.18. The number of anilines is 1. The standard InChI is InChI=1S/C18H26N2Si/c1-13-10-14(2)18(15(3)11-13)16-8-7-9-17(20-16)19-12-21(4,5)6/h7-11H,12H2,1-6H3,(H,19,20). The highest BCUT2D eigenvalue weighted by Crippen LogP contribution is 2.27. The van der Waals surface area contributed by atoms with Crippen molar-refractivity contribution in [2.24, 2.45) is 0 Å². The number of pyridine rings is 1. The number of hydrogen-bond donors (Lipinski definition) is 1. The Morgan fingerprint density at radius 2 is 1.62 bits per heavy atom. The van der Waals surface area contributed by atoms with E-state index in [0.717, 1.165) is 17.7 Å². The van der Waals surface area contributed by atoms with Gasteiger partial charge < -0.3 is 5.32 Å². The smallest absolute Gasteiger partial charge is 0.126 e. The van der Waals surface area contributed by atoms with Gasteiger partial charge in [-0.3, -0.25) is 0 Å². The predicted octanol–water partition coefficient (Wildman–Crippen LogP) is 4.96. The van der Waals surface area contributed by atoms with Gasteiger partial charge in [0.05, 0.1) is 13.8 Å². The van der Waals surface area contributed by atoms with Crippen LogP contribution in [-0.2, 0) is 0 Å². The van der Waals surface area contributed by atoms with Gasteiger partial charge in [-0.05, 0) is 44.0 Å². The van der Waals surface area contributed by atoms with E-state index in [0.29, 0.717) is 0 Å². The van der Waals surface area contributed by atoms with E-state index in [4.69, 9.17) is 4.98 Å². The van der Waals surface area contributed by atoms with E-state index >= 15 is 0 Å². The SMILES string of the molecule is Cc1cc(C)c(-c2cccc(NC[Si](C)(C)C)n2)c(C)c1. The Kier molecular flexibility index (Phi) is 4.52. The molecular formula is C18H26N2Si. The highest BCUT2D eigenvalue weighted by atomic mass is 28.3. The third-order valence-corrected chi connectivity index (χ3v) is 4.72. The number of nitrogens with one attached hydrogen (secondary N) is 1. The maximum atomic E-state index is 4.81. The fourth-order valence-corrected chi connectivity index (χ4v) is 3.32. The molecule has 2 aromatic rings. The molecule has 0 aliphatic rings. The second-order valence-electron chi connectivity index (χ2n) is 7.10. The normalized spacial score (nSPS) is 11.5. The van der Waals surface area contributed by atoms with Crippen LogP contribution >= 0.6 is 0 Å². The van der Waals surface area contributed by atoms with E-state index in [-0.39, 0.29) is 0 Å². The van der Waals surface area contributed by atoms with Gasteiger partial charge in [-0.15, -0.1) is 0 Å². The molecule has 112 valence electrons. The summed E-state index contributed by atoms with van der Waals surface area (Å²) in [6.07, 6.45) is 1.05. The molecule has 0 bridgehead atoms. The number of hydrogen-bond acceptors (Lipinski definition) is 2. The highest BCUT2D eigenvalue weighted by Gasteiger charge is 2.13. The Labute approximate surface area is 129 Å². The zero-order valence-electron chi connectivity index (χ0n) is 14.0. The summed E-state index contributed by atoms with van der Waals surface area (Å²) < 4.78 is 0. The molecule has 0 spiro atoms. The summed E-state index contributed by atoms with van der Waals surface area (Å²) >= 11 is 0. The Morgan fingerprint density at radius 1 is 1.00 bits per heavy atom. The van der Waals surface area contributed by atoms with E-state index < -0.39 is 8.07 Å². The minimum absolute atomic E-state index is 0.981. The van der Waals surface area contributed by atoms with Crippen molar-refractivity contribution >= 4 is 13.9 Å². The van der Waals surface area contributed by atoms with Crippen LogP contribution in [0.3, 0.4) is 0 Å². The first-order valence-electron chi connectivity index (χ1n) is 7.55. The summed E-state index contributed by atoms with van der Waals surface area (Å²) in [5.41, 5.74) is 6.22. The number of aryl methyl sites for hydroxylation is 3. The summed E-state index contributed by atoms with van der Waals surface area (Å²) in [6, 6.07) is 10.7. The van der Waals surface area contributed by atoms with Gasteiger partial charge in [-0.25, -0.2) is 4.98 Å². The van der Waals surface area contributed by atoms with Crippen LogP contribution in [0, 0.1) is 20.8 Å². The van der Waals surface area contributed by atoms with Gasteiger partial charge in [0.25, 0.3) is 0 Å². The summed E-state index contributed by atoms with van der Waals surface area (Å²) in [4.78, 5) is 4.81. The maximum absolute atomic E-state index is 4.81. The maximum Gasteiger partial charge on any atom is 0.126 e. The molecule has 0 saturated carbocycles. The van der Waals surface area contributed by atoms with Crippen molar-refractivity contribution in [3.05, 3.63) is 47.0 Å². The van der Waals surface area contributed by atoms with Crippen LogP contribution in [0.25, 0.3) is 11.3 Å². The minimum atomic E-state index is -1.12. The van der Waals surface area contributed by atoms with Crippen molar-refractivity contribution in [2.45, 2.75) is 40.4 Å². The summed E-state index contributed by atoms with van der Waals surface area (Å²) in [7, 11) is -1.12. The Bertz CT molecular complexity index is 619. The molecule has 3 heteroatoms. The average Bonchev–Trinajstić information content (AvgIpc) is 2.35. The van der Waals surface area contributed by atoms with E-state index in [2.05, 4.69) is 76.1 Å². The van der Waals surface area contributed by atoms with E-state index in [1.54, 1.807) is 0 Å². The molecule has 0 amide bonds. The summed E-state index contributed by atoms with van der Waals surface area (Å²) in [5.74, 6) is 0.981. The van der Waals surface area contributed by atoms with Gasteiger partial charge in [0, 0.05) is 11.7 Å². The molecule has 0 radical (unpaired) electrons. The molecule has 0 saturated heterocycles. The van der Waals surface area contributed by atoms with Crippen molar-refractivity contribution < 1.29 is 0 Å². The van der Waals surface area contributed by atoms with E-state index in [1.807, 2.05) is 0 Å². The highest BCUT2D eigenvalue weighted by molar-refractivity contribution is 6.76. The van der Waals surface area contributed by atoms with Gasteiger partial charge in [-0.2, -0.15) is 0 Å². The fraction of sp³-hybridized carbons (Fsp3) is 0.389. The Balaban J connectivity index is 2.34. The zero-order chi connectivity index (χ0) is 15.6. The Hall–Kier alpha value is -1.61. The number of nitrogens with zero attached hydrogens (tertiary/aromatic N) is 1. The van der Waals surface area contributed by atoms with Crippen LogP contribution in [-0.4, -0.2) is 19.2 Å². The van der Waals surface area contributed by atoms with Gasteiger partial charge in [-0.1, -0.05) is 43.4 Å². The summed E-state index contributed by atoms with van der Waals surface area (Å²) in [5, 5.41) is 3.50. The molecule has 1 N–H and O–H groups in total. The molecule has 0 fully saturated rings. The summed E-state index contributed by atoms with van der Waals surface area (Å²) in [6.45, 7) is 13.6. The van der Waals surface area contributed by atoms with Gasteiger partial charge in [0.15, 0.2) is 0 Å². The van der Waals surface area contributed by atoms with Crippen molar-refractivity contribution in [3.8, 4) is 11.3 Å². The molecule has 21 heavy (non-hydrogen) atoms. The molecule has 0 aliphatic heterocycles.